The number of imidazole rings is 1. The fourth-order valence-corrected chi connectivity index (χ4v) is 9.69. The number of hydrogen-bond donors (Lipinski definition) is 3. The summed E-state index contributed by atoms with van der Waals surface area (Å²) in [5.41, 5.74) is -1.39. The highest BCUT2D eigenvalue weighted by Crippen LogP contribution is 2.61. The van der Waals surface area contributed by atoms with Crippen LogP contribution in [0, 0.1) is 29.1 Å². The van der Waals surface area contributed by atoms with E-state index in [2.05, 4.69) is 42.5 Å². The van der Waals surface area contributed by atoms with Gasteiger partial charge in [-0.2, -0.15) is 23.4 Å². The maximum Gasteiger partial charge on any atom is 0.397 e. The van der Waals surface area contributed by atoms with E-state index in [0.717, 1.165) is 10.9 Å². The molecule has 1 aliphatic carbocycles. The first-order valence-electron chi connectivity index (χ1n) is 16.1. The van der Waals surface area contributed by atoms with Crippen molar-refractivity contribution < 1.29 is 54.6 Å². The van der Waals surface area contributed by atoms with E-state index in [1.807, 2.05) is 6.07 Å². The van der Waals surface area contributed by atoms with Gasteiger partial charge in [-0.05, 0) is 18.2 Å². The number of carbonyl (C=O) groups excluding carboxylic acids is 1. The van der Waals surface area contributed by atoms with Crippen LogP contribution in [0.1, 0.15) is 39.3 Å². The highest BCUT2D eigenvalue weighted by molar-refractivity contribution is 8.44. The number of halogens is 3. The zero-order chi connectivity index (χ0) is 38.1. The van der Waals surface area contributed by atoms with Gasteiger partial charge in [0.2, 0.25) is 17.7 Å². The Kier molecular flexibility index (Phi) is 12.0. The van der Waals surface area contributed by atoms with Gasteiger partial charge in [0.25, 0.3) is 5.56 Å². The van der Waals surface area contributed by atoms with Crippen LogP contribution in [-0.4, -0.2) is 85.8 Å². The second-order valence-corrected chi connectivity index (χ2v) is 18.3. The van der Waals surface area contributed by atoms with Crippen LogP contribution in [0.15, 0.2) is 29.7 Å². The van der Waals surface area contributed by atoms with E-state index < -0.39 is 86.2 Å². The number of rotatable bonds is 8. The lowest BCUT2D eigenvalue weighted by Gasteiger charge is -2.32. The summed E-state index contributed by atoms with van der Waals surface area (Å²) in [6, 6.07) is 3.41. The van der Waals surface area contributed by atoms with Crippen molar-refractivity contribution >= 4 is 60.6 Å². The van der Waals surface area contributed by atoms with Gasteiger partial charge < -0.3 is 18.5 Å². The first-order valence-corrected chi connectivity index (χ1v) is 21.3. The van der Waals surface area contributed by atoms with Gasteiger partial charge in [-0.1, -0.05) is 26.1 Å². The number of nitrogens with zero attached hydrogens (tertiary/aromatic N) is 6. The third kappa shape index (κ3) is 9.27. The topological polar surface area (TPSA) is 224 Å². The van der Waals surface area contributed by atoms with Gasteiger partial charge in [0, 0.05) is 30.5 Å². The lowest BCUT2D eigenvalue weighted by molar-refractivity contribution is -0.202. The highest BCUT2D eigenvalue weighted by atomic mass is 32.7. The fourth-order valence-electron chi connectivity index (χ4n) is 6.01. The van der Waals surface area contributed by atoms with E-state index >= 15 is 13.2 Å². The van der Waals surface area contributed by atoms with Gasteiger partial charge >= 0.3 is 19.7 Å². The number of amides is 1. The zero-order valence-electron chi connectivity index (χ0n) is 27.8. The Balaban J connectivity index is 1.39. The average Bonchev–Trinajstić information content (AvgIpc) is 3.78. The SMILES string of the molecule is CC(C)C(=O)Nc1nc2c(ncn2[C@@H]2O[C@@H]3COP(=O)(S)O[C@H]4C[C@H](Oc5ccncn5)C[C@@H]4COP(=S)(OCCC#N)O[C@@H]2[C@@H]3C(F)(F)F)c(=O)[nH]1. The van der Waals surface area contributed by atoms with Crippen molar-refractivity contribution in [3.63, 3.8) is 0 Å². The Labute approximate surface area is 309 Å². The van der Waals surface area contributed by atoms with E-state index in [9.17, 15) is 19.4 Å². The molecule has 0 spiro atoms. The minimum atomic E-state index is -5.07. The molecule has 5 heterocycles. The number of aromatic nitrogens is 6. The van der Waals surface area contributed by atoms with Gasteiger partial charge in [0.05, 0.1) is 50.8 Å². The van der Waals surface area contributed by atoms with Crippen molar-refractivity contribution in [2.24, 2.45) is 17.8 Å². The predicted octanol–water partition coefficient (Wildman–Crippen LogP) is 4.45. The van der Waals surface area contributed by atoms with Gasteiger partial charge in [-0.25, -0.2) is 19.5 Å². The number of anilines is 1. The molecule has 25 heteroatoms. The number of aromatic amines is 1. The molecular weight excluding hydrogens is 791 g/mol. The Morgan fingerprint density at radius 3 is 2.74 bits per heavy atom. The highest BCUT2D eigenvalue weighted by Gasteiger charge is 2.61. The van der Waals surface area contributed by atoms with Crippen LogP contribution in [0.3, 0.4) is 0 Å². The summed E-state index contributed by atoms with van der Waals surface area (Å²) >= 11 is 9.75. The summed E-state index contributed by atoms with van der Waals surface area (Å²) in [5, 5.41) is 11.6. The molecule has 9 atom stereocenters. The van der Waals surface area contributed by atoms with Crippen molar-refractivity contribution in [1.29, 1.82) is 5.26 Å². The number of nitriles is 1. The number of fused-ring (bicyclic) bond motifs is 4. The minimum Gasteiger partial charge on any atom is -0.474 e. The Morgan fingerprint density at radius 1 is 1.25 bits per heavy atom. The number of hydrogen-bond acceptors (Lipinski definition) is 16. The molecule has 2 N–H and O–H groups in total. The number of ether oxygens (including phenoxy) is 2. The Hall–Kier alpha value is -3.03. The Morgan fingerprint density at radius 2 is 2.04 bits per heavy atom. The predicted molar refractivity (Wildman–Crippen MR) is 183 cm³/mol. The molecule has 2 bridgehead atoms. The lowest BCUT2D eigenvalue weighted by atomic mass is 9.97. The molecule has 3 aromatic heterocycles. The molecule has 2 aliphatic heterocycles. The normalized spacial score (nSPS) is 32.3. The van der Waals surface area contributed by atoms with Gasteiger partial charge in [-0.15, -0.1) is 0 Å². The minimum absolute atomic E-state index is 0.139. The number of nitrogens with one attached hydrogen (secondary N) is 2. The van der Waals surface area contributed by atoms with Gasteiger partial charge in [0.1, 0.15) is 24.5 Å². The number of alkyl halides is 3. The van der Waals surface area contributed by atoms with E-state index in [1.165, 1.54) is 18.6 Å². The van der Waals surface area contributed by atoms with Crippen LogP contribution in [0.4, 0.5) is 19.1 Å². The first kappa shape index (κ1) is 39.7. The van der Waals surface area contributed by atoms with Crippen LogP contribution in [0.5, 0.6) is 5.88 Å². The van der Waals surface area contributed by atoms with Crippen molar-refractivity contribution in [1.82, 2.24) is 29.5 Å². The van der Waals surface area contributed by atoms with Crippen LogP contribution in [-0.2, 0) is 48.5 Å². The molecule has 0 radical (unpaired) electrons. The van der Waals surface area contributed by atoms with Crippen LogP contribution in [0.25, 0.3) is 11.2 Å². The van der Waals surface area contributed by atoms with Crippen molar-refractivity contribution in [2.45, 2.75) is 69.9 Å². The van der Waals surface area contributed by atoms with Crippen LogP contribution >= 0.6 is 25.8 Å². The fraction of sp³-hybridized carbons (Fsp3) is 0.607. The maximum atomic E-state index is 15.1. The molecule has 53 heavy (non-hydrogen) atoms. The first-order chi connectivity index (χ1) is 25.1. The third-order valence-corrected chi connectivity index (χ3v) is 12.5. The Bertz CT molecular complexity index is 2000. The zero-order valence-corrected chi connectivity index (χ0v) is 31.3. The average molecular weight is 825 g/mol. The number of carbonyl (C=O) groups is 1. The second kappa shape index (κ2) is 16.0. The molecule has 3 aromatic rings. The smallest absolute Gasteiger partial charge is 0.397 e. The summed E-state index contributed by atoms with van der Waals surface area (Å²) in [7, 11) is 0. The monoisotopic (exact) mass is 824 g/mol. The van der Waals surface area contributed by atoms with E-state index in [-0.39, 0.29) is 55.5 Å². The van der Waals surface area contributed by atoms with E-state index in [0.29, 0.717) is 0 Å². The molecule has 1 amide bonds. The summed E-state index contributed by atoms with van der Waals surface area (Å²) in [4.78, 5) is 43.8. The molecule has 3 fully saturated rings. The van der Waals surface area contributed by atoms with Crippen molar-refractivity contribution in [3.8, 4) is 11.9 Å². The molecule has 18 nitrogen and oxygen atoms in total. The molecule has 2 unspecified atom stereocenters. The second-order valence-electron chi connectivity index (χ2n) is 12.5. The van der Waals surface area contributed by atoms with Crippen molar-refractivity contribution in [2.75, 3.05) is 25.1 Å². The van der Waals surface area contributed by atoms with E-state index in [4.69, 9.17) is 43.9 Å². The number of thiol groups is 1. The molecule has 2 saturated heterocycles. The quantitative estimate of drug-likeness (QED) is 0.162. The van der Waals surface area contributed by atoms with Gasteiger partial charge in [0.15, 0.2) is 17.4 Å². The lowest BCUT2D eigenvalue weighted by Crippen LogP contribution is -2.41. The maximum absolute atomic E-state index is 15.1. The molecule has 1 saturated carbocycles. The molecule has 288 valence electrons. The van der Waals surface area contributed by atoms with Gasteiger partial charge in [-0.3, -0.25) is 38.0 Å². The molecule has 6 rings (SSSR count). The summed E-state index contributed by atoms with van der Waals surface area (Å²) < 4.78 is 101. The standard InChI is InChI=1S/C28H33F3N8O10P2S2/c1-14(2)24(40)37-27-36-23-21(25(41)38-27)35-13-39(23)26-22-20(28(29,30)31)18(47-26)11-44-50(42,52)48-17-9-16(46-19-4-6-33-12-34-19)8-15(17)10-45-51(53,49-22)43-7-3-5-32/h4,6,12-18,20,22,26H,3,7-11H2,1-2H3,(H,42,52)(H2,36,37,38,40,41)/t15-,16-,17+,18-,20-,22-,26-,50?,51?/m1/s1. The van der Waals surface area contributed by atoms with Crippen molar-refractivity contribution in [3.05, 3.63) is 35.3 Å². The molecule has 3 aliphatic rings. The largest absolute Gasteiger partial charge is 0.474 e. The van der Waals surface area contributed by atoms with Crippen LogP contribution in [0.2, 0.25) is 0 Å². The van der Waals surface area contributed by atoms with E-state index in [1.54, 1.807) is 13.8 Å². The summed E-state index contributed by atoms with van der Waals surface area (Å²) in [5.74, 6) is -4.22. The molecule has 0 aromatic carbocycles. The summed E-state index contributed by atoms with van der Waals surface area (Å²) in [6.07, 6.45) is -8.33. The summed E-state index contributed by atoms with van der Waals surface area (Å²) in [6.45, 7) is -7.01. The molecular formula is C28H33F3N8O10P2S2. The van der Waals surface area contributed by atoms with Crippen LogP contribution < -0.4 is 15.6 Å². The third-order valence-electron chi connectivity index (χ3n) is 8.46. The number of H-pyrrole nitrogens is 1.